The maximum absolute atomic E-state index is 10.1. The van der Waals surface area contributed by atoms with Gasteiger partial charge in [0.25, 0.3) is 0 Å². The van der Waals surface area contributed by atoms with Gasteiger partial charge in [0.1, 0.15) is 5.75 Å². The second-order valence-corrected chi connectivity index (χ2v) is 6.00. The number of halogens is 1. The molecule has 1 aliphatic rings. The molecule has 0 aliphatic heterocycles. The van der Waals surface area contributed by atoms with Gasteiger partial charge in [-0.05, 0) is 43.4 Å². The molecule has 2 nitrogen and oxygen atoms in total. The molecule has 1 aromatic rings. The molecule has 94 valence electrons. The summed E-state index contributed by atoms with van der Waals surface area (Å²) < 4.78 is 0.994. The van der Waals surface area contributed by atoms with Crippen molar-refractivity contribution in [1.82, 2.24) is 0 Å². The number of hydrogen-bond donors (Lipinski definition) is 2. The molecule has 1 fully saturated rings. The minimum Gasteiger partial charge on any atom is -0.507 e. The summed E-state index contributed by atoms with van der Waals surface area (Å²) >= 11 is 3.47. The second-order valence-electron chi connectivity index (χ2n) is 5.08. The molecule has 1 aliphatic carbocycles. The topological polar surface area (TPSA) is 46.2 Å². The van der Waals surface area contributed by atoms with E-state index in [0.29, 0.717) is 11.7 Å². The number of phenols is 1. The summed E-state index contributed by atoms with van der Waals surface area (Å²) in [6.45, 7) is 1.91. The van der Waals surface area contributed by atoms with Gasteiger partial charge >= 0.3 is 0 Å². The molecule has 0 amide bonds. The van der Waals surface area contributed by atoms with Crippen LogP contribution in [0.1, 0.15) is 49.3 Å². The van der Waals surface area contributed by atoms with Gasteiger partial charge in [-0.25, -0.2) is 0 Å². The number of rotatable bonds is 2. The lowest BCUT2D eigenvalue weighted by molar-refractivity contribution is 0.302. The lowest BCUT2D eigenvalue weighted by Gasteiger charge is -2.28. The number of aryl methyl sites for hydroxylation is 1. The number of benzene rings is 1. The van der Waals surface area contributed by atoms with Gasteiger partial charge in [-0.2, -0.15) is 0 Å². The van der Waals surface area contributed by atoms with Crippen LogP contribution in [0.15, 0.2) is 16.6 Å². The van der Waals surface area contributed by atoms with Gasteiger partial charge in [0.2, 0.25) is 0 Å². The molecule has 0 saturated heterocycles. The van der Waals surface area contributed by atoms with Crippen molar-refractivity contribution in [3.63, 3.8) is 0 Å². The average Bonchev–Trinajstić information content (AvgIpc) is 2.34. The highest BCUT2D eigenvalue weighted by Crippen LogP contribution is 2.38. The number of aromatic hydroxyl groups is 1. The quantitative estimate of drug-likeness (QED) is 0.865. The first-order valence-electron chi connectivity index (χ1n) is 6.34. The van der Waals surface area contributed by atoms with E-state index < -0.39 is 0 Å². The molecule has 3 heteroatoms. The fourth-order valence-electron chi connectivity index (χ4n) is 2.76. The molecular formula is C14H20BrNO. The summed E-state index contributed by atoms with van der Waals surface area (Å²) in [4.78, 5) is 0. The smallest absolute Gasteiger partial charge is 0.123 e. The van der Waals surface area contributed by atoms with E-state index in [1.165, 1.54) is 32.1 Å². The fourth-order valence-corrected chi connectivity index (χ4v) is 3.35. The third-order valence-corrected chi connectivity index (χ3v) is 4.27. The molecule has 0 unspecified atom stereocenters. The summed E-state index contributed by atoms with van der Waals surface area (Å²) in [6, 6.07) is 3.85. The van der Waals surface area contributed by atoms with Crippen LogP contribution in [0.5, 0.6) is 5.75 Å². The van der Waals surface area contributed by atoms with Crippen molar-refractivity contribution >= 4 is 15.9 Å². The van der Waals surface area contributed by atoms with Crippen molar-refractivity contribution in [3.8, 4) is 5.75 Å². The molecule has 1 saturated carbocycles. The Morgan fingerprint density at radius 2 is 1.94 bits per heavy atom. The second kappa shape index (κ2) is 5.40. The first-order valence-corrected chi connectivity index (χ1v) is 7.13. The van der Waals surface area contributed by atoms with E-state index in [0.717, 1.165) is 15.6 Å². The minimum absolute atomic E-state index is 0.0356. The predicted octanol–water partition coefficient (Wildman–Crippen LogP) is 4.04. The standard InChI is InChI=1S/C14H20BrNO/c1-9-7-11(15)8-12(14(9)17)13(16)10-5-3-2-4-6-10/h7-8,10,13,17H,2-6,16H2,1H3/t13-/m0/s1. The molecule has 1 aromatic carbocycles. The zero-order valence-electron chi connectivity index (χ0n) is 10.2. The SMILES string of the molecule is Cc1cc(Br)cc([C@@H](N)C2CCCCC2)c1O. The van der Waals surface area contributed by atoms with E-state index in [2.05, 4.69) is 15.9 Å². The van der Waals surface area contributed by atoms with Gasteiger partial charge in [-0.3, -0.25) is 0 Å². The van der Waals surface area contributed by atoms with E-state index >= 15 is 0 Å². The fraction of sp³-hybridized carbons (Fsp3) is 0.571. The highest BCUT2D eigenvalue weighted by atomic mass is 79.9. The van der Waals surface area contributed by atoms with Crippen LogP contribution in [0.3, 0.4) is 0 Å². The summed E-state index contributed by atoms with van der Waals surface area (Å²) in [5.74, 6) is 0.884. The van der Waals surface area contributed by atoms with Crippen molar-refractivity contribution in [2.75, 3.05) is 0 Å². The maximum Gasteiger partial charge on any atom is 0.123 e. The van der Waals surface area contributed by atoms with E-state index in [1.54, 1.807) is 0 Å². The van der Waals surface area contributed by atoms with Crippen molar-refractivity contribution in [1.29, 1.82) is 0 Å². The monoisotopic (exact) mass is 297 g/mol. The van der Waals surface area contributed by atoms with Crippen molar-refractivity contribution in [2.24, 2.45) is 11.7 Å². The first-order chi connectivity index (χ1) is 8.09. The Balaban J connectivity index is 2.26. The van der Waals surface area contributed by atoms with E-state index in [4.69, 9.17) is 5.73 Å². The molecule has 0 radical (unpaired) electrons. The summed E-state index contributed by atoms with van der Waals surface area (Å²) in [7, 11) is 0. The Morgan fingerprint density at radius 1 is 1.29 bits per heavy atom. The van der Waals surface area contributed by atoms with Gasteiger partial charge < -0.3 is 10.8 Å². The molecule has 0 spiro atoms. The Labute approximate surface area is 111 Å². The Hall–Kier alpha value is -0.540. The van der Waals surface area contributed by atoms with Crippen molar-refractivity contribution < 1.29 is 5.11 Å². The molecule has 0 heterocycles. The van der Waals surface area contributed by atoms with Crippen LogP contribution in [0.25, 0.3) is 0 Å². The van der Waals surface area contributed by atoms with Crippen LogP contribution in [-0.2, 0) is 0 Å². The lowest BCUT2D eigenvalue weighted by Crippen LogP contribution is -2.23. The molecular weight excluding hydrogens is 278 g/mol. The molecule has 17 heavy (non-hydrogen) atoms. The molecule has 0 bridgehead atoms. The zero-order valence-corrected chi connectivity index (χ0v) is 11.8. The van der Waals surface area contributed by atoms with Crippen LogP contribution < -0.4 is 5.73 Å². The summed E-state index contributed by atoms with van der Waals surface area (Å²) in [5, 5.41) is 10.1. The zero-order chi connectivity index (χ0) is 12.4. The van der Waals surface area contributed by atoms with Crippen LogP contribution in [0.2, 0.25) is 0 Å². The van der Waals surface area contributed by atoms with Crippen molar-refractivity contribution in [3.05, 3.63) is 27.7 Å². The van der Waals surface area contributed by atoms with Gasteiger partial charge in [0.05, 0.1) is 0 Å². The highest BCUT2D eigenvalue weighted by Gasteiger charge is 2.24. The molecule has 3 N–H and O–H groups in total. The third-order valence-electron chi connectivity index (χ3n) is 3.81. The Bertz CT molecular complexity index is 399. The average molecular weight is 298 g/mol. The Morgan fingerprint density at radius 3 is 2.59 bits per heavy atom. The van der Waals surface area contributed by atoms with Crippen molar-refractivity contribution in [2.45, 2.75) is 45.1 Å². The molecule has 0 aromatic heterocycles. The predicted molar refractivity (Wildman–Crippen MR) is 74.0 cm³/mol. The van der Waals surface area contributed by atoms with Crippen LogP contribution in [-0.4, -0.2) is 5.11 Å². The summed E-state index contributed by atoms with van der Waals surface area (Å²) in [6.07, 6.45) is 6.24. The molecule has 2 rings (SSSR count). The normalized spacial score (nSPS) is 19.2. The van der Waals surface area contributed by atoms with Gasteiger partial charge in [-0.15, -0.1) is 0 Å². The maximum atomic E-state index is 10.1. The van der Waals surface area contributed by atoms with Crippen LogP contribution in [0.4, 0.5) is 0 Å². The van der Waals surface area contributed by atoms with Gasteiger partial charge in [0.15, 0.2) is 0 Å². The summed E-state index contributed by atoms with van der Waals surface area (Å²) in [5.41, 5.74) is 8.11. The van der Waals surface area contributed by atoms with E-state index in [1.807, 2.05) is 19.1 Å². The van der Waals surface area contributed by atoms with Crippen LogP contribution >= 0.6 is 15.9 Å². The first kappa shape index (κ1) is 12.9. The van der Waals surface area contributed by atoms with E-state index in [-0.39, 0.29) is 6.04 Å². The van der Waals surface area contributed by atoms with Gasteiger partial charge in [0, 0.05) is 16.1 Å². The Kier molecular flexibility index (Phi) is 4.10. The number of phenolic OH excluding ortho intramolecular Hbond substituents is 1. The largest absolute Gasteiger partial charge is 0.507 e. The number of nitrogens with two attached hydrogens (primary N) is 1. The van der Waals surface area contributed by atoms with Crippen LogP contribution in [0, 0.1) is 12.8 Å². The van der Waals surface area contributed by atoms with E-state index in [9.17, 15) is 5.11 Å². The van der Waals surface area contributed by atoms with Gasteiger partial charge in [-0.1, -0.05) is 35.2 Å². The third kappa shape index (κ3) is 2.83. The minimum atomic E-state index is -0.0356. The molecule has 1 atom stereocenters. The number of hydrogen-bond acceptors (Lipinski definition) is 2. The highest BCUT2D eigenvalue weighted by molar-refractivity contribution is 9.10. The lowest BCUT2D eigenvalue weighted by atomic mass is 9.81.